The second-order valence-electron chi connectivity index (χ2n) is 8.42. The third-order valence-corrected chi connectivity index (χ3v) is 6.95. The van der Waals surface area contributed by atoms with Crippen LogP contribution in [0.15, 0.2) is 57.7 Å². The minimum atomic E-state index is -0.603. The molecule has 180 valence electrons. The maximum absolute atomic E-state index is 12.5. The Morgan fingerprint density at radius 1 is 1.23 bits per heavy atom. The fourth-order valence-corrected chi connectivity index (χ4v) is 5.31. The maximum Gasteiger partial charge on any atom is 0.419 e. The molecule has 0 saturated carbocycles. The van der Waals surface area contributed by atoms with E-state index < -0.39 is 10.7 Å². The van der Waals surface area contributed by atoms with Crippen molar-refractivity contribution in [3.05, 3.63) is 85.3 Å². The van der Waals surface area contributed by atoms with E-state index in [4.69, 9.17) is 4.42 Å². The van der Waals surface area contributed by atoms with Crippen molar-refractivity contribution < 1.29 is 14.1 Å². The summed E-state index contributed by atoms with van der Waals surface area (Å²) in [5.41, 5.74) is 2.79. The van der Waals surface area contributed by atoms with Crippen LogP contribution in [0.2, 0.25) is 0 Å². The van der Waals surface area contributed by atoms with Gasteiger partial charge in [0.1, 0.15) is 0 Å². The number of thiazole rings is 1. The highest BCUT2D eigenvalue weighted by molar-refractivity contribution is 7.15. The minimum Gasteiger partial charge on any atom is -0.407 e. The first kappa shape index (κ1) is 22.9. The van der Waals surface area contributed by atoms with Gasteiger partial charge in [-0.25, -0.2) is 9.78 Å². The predicted octanol–water partition coefficient (Wildman–Crippen LogP) is 3.94. The Morgan fingerprint density at radius 2 is 2.06 bits per heavy atom. The van der Waals surface area contributed by atoms with Crippen LogP contribution in [-0.4, -0.2) is 31.8 Å². The summed E-state index contributed by atoms with van der Waals surface area (Å²) >= 11 is 1.51. The van der Waals surface area contributed by atoms with Gasteiger partial charge in [0.25, 0.3) is 5.69 Å². The lowest BCUT2D eigenvalue weighted by atomic mass is 10.1. The average molecular weight is 494 g/mol. The highest BCUT2D eigenvalue weighted by atomic mass is 32.1. The van der Waals surface area contributed by atoms with Crippen molar-refractivity contribution in [2.45, 2.75) is 38.9 Å². The average Bonchev–Trinajstić information content (AvgIpc) is 3.38. The first-order chi connectivity index (χ1) is 17.0. The quantitative estimate of drug-likeness (QED) is 0.291. The van der Waals surface area contributed by atoms with Crippen LogP contribution >= 0.6 is 11.3 Å². The molecule has 11 heteroatoms. The number of carbonyl (C=O) groups excluding carboxylic acids is 1. The fourth-order valence-electron chi connectivity index (χ4n) is 4.24. The lowest BCUT2D eigenvalue weighted by Gasteiger charge is -2.25. The smallest absolute Gasteiger partial charge is 0.407 e. The number of nitrogens with one attached hydrogen (secondary N) is 1. The number of benzene rings is 2. The summed E-state index contributed by atoms with van der Waals surface area (Å²) in [5, 5.41) is 14.4. The highest BCUT2D eigenvalue weighted by Crippen LogP contribution is 2.29. The normalized spacial score (nSPS) is 13.6. The van der Waals surface area contributed by atoms with Gasteiger partial charge in [-0.3, -0.25) is 24.4 Å². The SMILES string of the molecule is O=C(CCCn1c(=O)oc2cc([N+](=O)[O-])ccc21)Nc1nc2c(s1)CN(Cc1ccccc1)CC2. The molecule has 0 saturated heterocycles. The summed E-state index contributed by atoms with van der Waals surface area (Å²) < 4.78 is 6.51. The van der Waals surface area contributed by atoms with Gasteiger partial charge in [-0.2, -0.15) is 0 Å². The van der Waals surface area contributed by atoms with Crippen molar-refractivity contribution >= 4 is 39.2 Å². The molecular formula is C24H23N5O5S. The van der Waals surface area contributed by atoms with Gasteiger partial charge in [-0.15, -0.1) is 11.3 Å². The number of nitro benzene ring substituents is 1. The van der Waals surface area contributed by atoms with E-state index in [0.717, 1.165) is 31.7 Å². The van der Waals surface area contributed by atoms with Gasteiger partial charge in [-0.05, 0) is 18.1 Å². The Kier molecular flexibility index (Phi) is 6.43. The van der Waals surface area contributed by atoms with Crippen molar-refractivity contribution in [3.63, 3.8) is 0 Å². The number of nitrogens with zero attached hydrogens (tertiary/aromatic N) is 4. The summed E-state index contributed by atoms with van der Waals surface area (Å²) in [7, 11) is 0. The number of hydrogen-bond donors (Lipinski definition) is 1. The van der Waals surface area contributed by atoms with E-state index in [2.05, 4.69) is 27.3 Å². The fraction of sp³-hybridized carbons (Fsp3) is 0.292. The first-order valence-electron chi connectivity index (χ1n) is 11.3. The van der Waals surface area contributed by atoms with Crippen LogP contribution in [0.5, 0.6) is 0 Å². The molecule has 0 radical (unpaired) electrons. The van der Waals surface area contributed by atoms with Crippen molar-refractivity contribution in [2.75, 3.05) is 11.9 Å². The van der Waals surface area contributed by atoms with Gasteiger partial charge >= 0.3 is 5.76 Å². The number of oxazole rings is 1. The van der Waals surface area contributed by atoms with Crippen molar-refractivity contribution in [1.82, 2.24) is 14.5 Å². The third kappa shape index (κ3) is 5.15. The van der Waals surface area contributed by atoms with Gasteiger partial charge in [0, 0.05) is 50.0 Å². The zero-order chi connectivity index (χ0) is 24.4. The molecule has 35 heavy (non-hydrogen) atoms. The van der Waals surface area contributed by atoms with Crippen LogP contribution < -0.4 is 11.1 Å². The molecule has 3 heterocycles. The van der Waals surface area contributed by atoms with E-state index in [1.807, 2.05) is 18.2 Å². The van der Waals surface area contributed by atoms with Gasteiger partial charge in [0.05, 0.1) is 22.2 Å². The molecule has 1 N–H and O–H groups in total. The molecule has 0 atom stereocenters. The van der Waals surface area contributed by atoms with Gasteiger partial charge in [0.15, 0.2) is 10.7 Å². The Hall–Kier alpha value is -3.83. The number of non-ortho nitro benzene ring substituents is 1. The molecule has 1 aliphatic rings. The first-order valence-corrected chi connectivity index (χ1v) is 12.1. The zero-order valence-corrected chi connectivity index (χ0v) is 19.6. The number of carbonyl (C=O) groups is 1. The molecule has 2 aromatic carbocycles. The molecule has 1 amide bonds. The Labute approximate surface area is 204 Å². The van der Waals surface area contributed by atoms with E-state index in [9.17, 15) is 19.7 Å². The monoisotopic (exact) mass is 493 g/mol. The van der Waals surface area contributed by atoms with E-state index in [-0.39, 0.29) is 30.1 Å². The molecule has 5 rings (SSSR count). The molecule has 0 aliphatic carbocycles. The second-order valence-corrected chi connectivity index (χ2v) is 9.50. The van der Waals surface area contributed by atoms with E-state index >= 15 is 0 Å². The Morgan fingerprint density at radius 3 is 2.86 bits per heavy atom. The van der Waals surface area contributed by atoms with Crippen molar-refractivity contribution in [1.29, 1.82) is 0 Å². The van der Waals surface area contributed by atoms with E-state index in [1.54, 1.807) is 0 Å². The zero-order valence-electron chi connectivity index (χ0n) is 18.8. The molecule has 0 fully saturated rings. The number of aromatic nitrogens is 2. The van der Waals surface area contributed by atoms with Gasteiger partial charge in [0.2, 0.25) is 5.91 Å². The van der Waals surface area contributed by atoms with E-state index in [0.29, 0.717) is 17.1 Å². The second kappa shape index (κ2) is 9.80. The summed E-state index contributed by atoms with van der Waals surface area (Å²) in [6.45, 7) is 2.89. The van der Waals surface area contributed by atoms with Crippen molar-refractivity contribution in [3.8, 4) is 0 Å². The molecule has 2 aromatic heterocycles. The number of amides is 1. The molecule has 0 spiro atoms. The molecule has 1 aliphatic heterocycles. The summed E-state index contributed by atoms with van der Waals surface area (Å²) in [6, 6.07) is 14.4. The molecular weight excluding hydrogens is 470 g/mol. The number of hydrogen-bond acceptors (Lipinski definition) is 8. The lowest BCUT2D eigenvalue weighted by Crippen LogP contribution is -2.29. The number of aryl methyl sites for hydroxylation is 1. The van der Waals surface area contributed by atoms with E-state index in [1.165, 1.54) is 44.5 Å². The van der Waals surface area contributed by atoms with Crippen LogP contribution in [0.4, 0.5) is 10.8 Å². The highest BCUT2D eigenvalue weighted by Gasteiger charge is 2.21. The summed E-state index contributed by atoms with van der Waals surface area (Å²) in [4.78, 5) is 43.2. The number of fused-ring (bicyclic) bond motifs is 2. The molecule has 10 nitrogen and oxygen atoms in total. The largest absolute Gasteiger partial charge is 0.419 e. The Balaban J connectivity index is 1.15. The molecule has 4 aromatic rings. The molecule has 0 unspecified atom stereocenters. The lowest BCUT2D eigenvalue weighted by molar-refractivity contribution is -0.384. The number of nitro groups is 1. The number of rotatable bonds is 8. The van der Waals surface area contributed by atoms with Crippen molar-refractivity contribution in [2.24, 2.45) is 0 Å². The minimum absolute atomic E-state index is 0.146. The summed E-state index contributed by atoms with van der Waals surface area (Å²) in [5.74, 6) is -0.776. The van der Waals surface area contributed by atoms with Gasteiger partial charge < -0.3 is 9.73 Å². The summed E-state index contributed by atoms with van der Waals surface area (Å²) in [6.07, 6.45) is 1.47. The Bertz CT molecular complexity index is 1440. The van der Waals surface area contributed by atoms with Gasteiger partial charge in [-0.1, -0.05) is 30.3 Å². The van der Waals surface area contributed by atoms with Crippen LogP contribution in [0.25, 0.3) is 11.1 Å². The van der Waals surface area contributed by atoms with Crippen LogP contribution in [-0.2, 0) is 30.8 Å². The van der Waals surface area contributed by atoms with Crippen LogP contribution in [0.1, 0.15) is 29.0 Å². The maximum atomic E-state index is 12.5. The third-order valence-electron chi connectivity index (χ3n) is 5.95. The van der Waals surface area contributed by atoms with Crippen LogP contribution in [0.3, 0.4) is 0 Å². The molecule has 0 bridgehead atoms. The van der Waals surface area contributed by atoms with Crippen LogP contribution in [0, 0.1) is 10.1 Å². The topological polar surface area (TPSA) is 124 Å². The number of anilines is 1. The predicted molar refractivity (Wildman–Crippen MR) is 131 cm³/mol. The standard InChI is InChI=1S/C24H23N5O5S/c30-22(7-4-11-28-19-9-8-17(29(32)33)13-20(19)34-24(28)31)26-23-25-18-10-12-27(15-21(18)35-23)14-16-5-2-1-3-6-16/h1-3,5-6,8-9,13H,4,7,10-12,14-15H2,(H,25,26,30).